The Kier molecular flexibility index (Phi) is 4.39. The van der Waals surface area contributed by atoms with Crippen LogP contribution in [0.4, 0.5) is 0 Å². The molecule has 1 fully saturated rings. The minimum Gasteiger partial charge on any atom is -0.479 e. The third-order valence-corrected chi connectivity index (χ3v) is 5.26. The molecule has 124 valence electrons. The number of hydrogen-bond acceptors (Lipinski definition) is 3. The van der Waals surface area contributed by atoms with Crippen LogP contribution in [0.25, 0.3) is 0 Å². The van der Waals surface area contributed by atoms with E-state index >= 15 is 0 Å². The summed E-state index contributed by atoms with van der Waals surface area (Å²) in [6.45, 7) is 0.631. The minimum absolute atomic E-state index is 0.0686. The molecule has 1 unspecified atom stereocenters. The van der Waals surface area contributed by atoms with E-state index in [9.17, 15) is 14.7 Å². The summed E-state index contributed by atoms with van der Waals surface area (Å²) < 4.78 is 0. The Morgan fingerprint density at radius 2 is 1.91 bits per heavy atom. The van der Waals surface area contributed by atoms with Gasteiger partial charge in [-0.1, -0.05) is 24.3 Å². The molecular formula is C18H23NO4. The summed E-state index contributed by atoms with van der Waals surface area (Å²) in [6.07, 6.45) is 3.90. The highest BCUT2D eigenvalue weighted by molar-refractivity contribution is 5.80. The second-order valence-corrected chi connectivity index (χ2v) is 6.71. The van der Waals surface area contributed by atoms with Crippen LogP contribution in [-0.2, 0) is 16.0 Å². The summed E-state index contributed by atoms with van der Waals surface area (Å²) >= 11 is 0. The van der Waals surface area contributed by atoms with E-state index in [-0.39, 0.29) is 24.7 Å². The number of piperidine rings is 1. The number of benzene rings is 1. The molecular weight excluding hydrogens is 294 g/mol. The Labute approximate surface area is 135 Å². The molecule has 0 saturated carbocycles. The maximum atomic E-state index is 12.6. The van der Waals surface area contributed by atoms with Crippen molar-refractivity contribution >= 4 is 11.9 Å². The van der Waals surface area contributed by atoms with Crippen LogP contribution >= 0.6 is 0 Å². The molecule has 1 aliphatic heterocycles. The first-order chi connectivity index (χ1) is 11.0. The summed E-state index contributed by atoms with van der Waals surface area (Å²) in [5.74, 6) is -0.863. The first kappa shape index (κ1) is 16.0. The van der Waals surface area contributed by atoms with Gasteiger partial charge in [0.2, 0.25) is 5.91 Å². The fourth-order valence-electron chi connectivity index (χ4n) is 3.75. The number of nitrogens with zero attached hydrogens (tertiary/aromatic N) is 1. The van der Waals surface area contributed by atoms with Crippen LogP contribution in [0.5, 0.6) is 0 Å². The highest BCUT2D eigenvalue weighted by atomic mass is 16.4. The highest BCUT2D eigenvalue weighted by Crippen LogP contribution is 2.34. The summed E-state index contributed by atoms with van der Waals surface area (Å²) in [7, 11) is 0. The van der Waals surface area contributed by atoms with E-state index in [0.717, 1.165) is 19.3 Å². The Balaban J connectivity index is 1.62. The van der Waals surface area contributed by atoms with Gasteiger partial charge >= 0.3 is 5.97 Å². The molecule has 1 aromatic rings. The number of aliphatic carboxylic acids is 1. The van der Waals surface area contributed by atoms with Crippen molar-refractivity contribution in [2.24, 2.45) is 0 Å². The third-order valence-electron chi connectivity index (χ3n) is 5.26. The molecule has 1 heterocycles. The zero-order chi connectivity index (χ0) is 16.4. The zero-order valence-electron chi connectivity index (χ0n) is 13.2. The van der Waals surface area contributed by atoms with E-state index in [1.54, 1.807) is 4.90 Å². The number of amides is 1. The van der Waals surface area contributed by atoms with E-state index in [4.69, 9.17) is 5.11 Å². The molecule has 2 N–H and O–H groups in total. The summed E-state index contributed by atoms with van der Waals surface area (Å²) in [4.78, 5) is 25.3. The number of fused-ring (bicyclic) bond motifs is 1. The van der Waals surface area contributed by atoms with Gasteiger partial charge in [0.05, 0.1) is 0 Å². The Hall–Kier alpha value is -1.88. The number of rotatable bonds is 3. The molecule has 1 aromatic carbocycles. The lowest BCUT2D eigenvalue weighted by molar-refractivity contribution is -0.165. The zero-order valence-corrected chi connectivity index (χ0v) is 13.2. The van der Waals surface area contributed by atoms with Crippen LogP contribution in [0, 0.1) is 0 Å². The lowest BCUT2D eigenvalue weighted by Gasteiger charge is -2.36. The molecule has 5 heteroatoms. The number of likely N-dealkylation sites (tertiary alicyclic amines) is 1. The molecule has 0 aromatic heterocycles. The first-order valence-electron chi connectivity index (χ1n) is 8.31. The molecule has 1 aliphatic carbocycles. The molecule has 1 saturated heterocycles. The first-order valence-corrected chi connectivity index (χ1v) is 8.31. The van der Waals surface area contributed by atoms with E-state index in [1.807, 2.05) is 12.1 Å². The number of aryl methyl sites for hydroxylation is 1. The van der Waals surface area contributed by atoms with Gasteiger partial charge in [0, 0.05) is 32.4 Å². The van der Waals surface area contributed by atoms with Crippen LogP contribution in [-0.4, -0.2) is 45.7 Å². The van der Waals surface area contributed by atoms with Crippen molar-refractivity contribution in [1.29, 1.82) is 0 Å². The quantitative estimate of drug-likeness (QED) is 0.893. The fraction of sp³-hybridized carbons (Fsp3) is 0.556. The molecule has 0 radical (unpaired) electrons. The van der Waals surface area contributed by atoms with E-state index in [1.165, 1.54) is 11.1 Å². The third kappa shape index (κ3) is 3.24. The molecule has 3 rings (SSSR count). The SMILES string of the molecule is O=C(CC1CCCc2ccccc21)N1CCC(O)(C(=O)O)CC1. The van der Waals surface area contributed by atoms with Crippen molar-refractivity contribution in [1.82, 2.24) is 4.90 Å². The molecule has 0 spiro atoms. The van der Waals surface area contributed by atoms with Gasteiger partial charge in [0.25, 0.3) is 0 Å². The van der Waals surface area contributed by atoms with Gasteiger partial charge < -0.3 is 15.1 Å². The molecule has 23 heavy (non-hydrogen) atoms. The van der Waals surface area contributed by atoms with Crippen molar-refractivity contribution in [3.8, 4) is 0 Å². The Bertz CT molecular complexity index is 605. The van der Waals surface area contributed by atoms with Crippen molar-refractivity contribution in [3.63, 3.8) is 0 Å². The number of carbonyl (C=O) groups is 2. The largest absolute Gasteiger partial charge is 0.479 e. The normalized spacial score (nSPS) is 23.2. The predicted octanol–water partition coefficient (Wildman–Crippen LogP) is 1.93. The maximum Gasteiger partial charge on any atom is 0.335 e. The van der Waals surface area contributed by atoms with Crippen molar-refractivity contribution < 1.29 is 19.8 Å². The number of aliphatic hydroxyl groups is 1. The van der Waals surface area contributed by atoms with Gasteiger partial charge in [0.1, 0.15) is 0 Å². The second-order valence-electron chi connectivity index (χ2n) is 6.71. The van der Waals surface area contributed by atoms with E-state index in [2.05, 4.69) is 12.1 Å². The lowest BCUT2D eigenvalue weighted by atomic mass is 9.80. The van der Waals surface area contributed by atoms with Crippen LogP contribution in [0.15, 0.2) is 24.3 Å². The number of carboxylic acids is 1. The van der Waals surface area contributed by atoms with Gasteiger partial charge in [-0.15, -0.1) is 0 Å². The minimum atomic E-state index is -1.67. The van der Waals surface area contributed by atoms with Gasteiger partial charge in [0.15, 0.2) is 5.60 Å². The van der Waals surface area contributed by atoms with E-state index in [0.29, 0.717) is 19.5 Å². The molecule has 0 bridgehead atoms. The van der Waals surface area contributed by atoms with Crippen molar-refractivity contribution in [3.05, 3.63) is 35.4 Å². The smallest absolute Gasteiger partial charge is 0.335 e. The second kappa shape index (κ2) is 6.32. The van der Waals surface area contributed by atoms with Crippen LogP contribution < -0.4 is 0 Å². The molecule has 2 aliphatic rings. The lowest BCUT2D eigenvalue weighted by Crippen LogP contribution is -2.51. The van der Waals surface area contributed by atoms with Crippen LogP contribution in [0.3, 0.4) is 0 Å². The summed E-state index contributed by atoms with van der Waals surface area (Å²) in [5, 5.41) is 19.0. The Morgan fingerprint density at radius 1 is 1.22 bits per heavy atom. The highest BCUT2D eigenvalue weighted by Gasteiger charge is 2.40. The fourth-order valence-corrected chi connectivity index (χ4v) is 3.75. The number of carboxylic acid groups (broad SMARTS) is 1. The standard InChI is InChI=1S/C18H23NO4/c20-16(19-10-8-18(23,9-11-19)17(21)22)12-14-6-3-5-13-4-1-2-7-15(13)14/h1-2,4,7,14,23H,3,5-6,8-12H2,(H,21,22). The predicted molar refractivity (Wildman–Crippen MR) is 85.1 cm³/mol. The van der Waals surface area contributed by atoms with Crippen LogP contribution in [0.1, 0.15) is 49.1 Å². The van der Waals surface area contributed by atoms with Gasteiger partial charge in [-0.05, 0) is 36.3 Å². The van der Waals surface area contributed by atoms with Gasteiger partial charge in [-0.3, -0.25) is 4.79 Å². The summed E-state index contributed by atoms with van der Waals surface area (Å²) in [6, 6.07) is 8.32. The average Bonchev–Trinajstić information content (AvgIpc) is 2.55. The van der Waals surface area contributed by atoms with E-state index < -0.39 is 11.6 Å². The number of hydrogen-bond donors (Lipinski definition) is 2. The van der Waals surface area contributed by atoms with Crippen molar-refractivity contribution in [2.75, 3.05) is 13.1 Å². The average molecular weight is 317 g/mol. The topological polar surface area (TPSA) is 77.8 Å². The van der Waals surface area contributed by atoms with Gasteiger partial charge in [-0.2, -0.15) is 0 Å². The molecule has 1 atom stereocenters. The number of carbonyl (C=O) groups excluding carboxylic acids is 1. The molecule has 5 nitrogen and oxygen atoms in total. The maximum absolute atomic E-state index is 12.6. The molecule has 1 amide bonds. The Morgan fingerprint density at radius 3 is 2.61 bits per heavy atom. The monoisotopic (exact) mass is 317 g/mol. The van der Waals surface area contributed by atoms with Crippen molar-refractivity contribution in [2.45, 2.75) is 50.0 Å². The van der Waals surface area contributed by atoms with Crippen LogP contribution in [0.2, 0.25) is 0 Å². The van der Waals surface area contributed by atoms with Gasteiger partial charge in [-0.25, -0.2) is 4.79 Å². The summed E-state index contributed by atoms with van der Waals surface area (Å²) in [5.41, 5.74) is 0.954.